The summed E-state index contributed by atoms with van der Waals surface area (Å²) in [5, 5.41) is 11.9. The molecule has 1 aromatic carbocycles. The van der Waals surface area contributed by atoms with E-state index >= 15 is 0 Å². The third-order valence-electron chi connectivity index (χ3n) is 5.10. The van der Waals surface area contributed by atoms with Crippen molar-refractivity contribution in [1.29, 1.82) is 0 Å². The predicted octanol–water partition coefficient (Wildman–Crippen LogP) is 7.36. The van der Waals surface area contributed by atoms with Gasteiger partial charge in [0.1, 0.15) is 0 Å². The number of carbonyl (C=O) groups is 2. The van der Waals surface area contributed by atoms with E-state index in [0.717, 1.165) is 25.7 Å². The van der Waals surface area contributed by atoms with Crippen LogP contribution in [0.2, 0.25) is 0 Å². The first kappa shape index (κ1) is 28.4. The molecule has 168 valence electrons. The number of unbranched alkanes of at least 4 members (excludes halogenated alkanes) is 11. The fourth-order valence-corrected chi connectivity index (χ4v) is 3.35. The minimum absolute atomic E-state index is 0. The van der Waals surface area contributed by atoms with Gasteiger partial charge in [0.25, 0.3) is 0 Å². The topological polar surface area (TPSA) is 66.4 Å². The average molecular weight is 454 g/mol. The summed E-state index contributed by atoms with van der Waals surface area (Å²) >= 11 is 0. The van der Waals surface area contributed by atoms with E-state index < -0.39 is 5.97 Å². The number of hydrogen-bond acceptors (Lipinski definition) is 2. The van der Waals surface area contributed by atoms with Crippen molar-refractivity contribution in [3.05, 3.63) is 42.0 Å². The molecule has 0 radical (unpaired) electrons. The number of benzene rings is 1. The number of para-hydroxylation sites is 1. The standard InChI is InChI=1S/C25H39NO3.Cr/c1-2-3-4-5-6-7-8-9-10-11-12-13-14-15-16-21-24(27)26-23-20-18-17-19-22(23)25(28)29;/h9-10,17-20H,2-8,11-16,21H2,1H3,(H,26,27)(H,28,29);. The van der Waals surface area contributed by atoms with Crippen molar-refractivity contribution >= 4 is 17.6 Å². The number of carboxylic acid groups (broad SMARTS) is 1. The van der Waals surface area contributed by atoms with E-state index in [1.165, 1.54) is 63.9 Å². The molecule has 4 nitrogen and oxygen atoms in total. The Morgan fingerprint density at radius 1 is 0.833 bits per heavy atom. The monoisotopic (exact) mass is 453 g/mol. The van der Waals surface area contributed by atoms with Gasteiger partial charge < -0.3 is 10.4 Å². The summed E-state index contributed by atoms with van der Waals surface area (Å²) in [6.07, 6.45) is 21.0. The van der Waals surface area contributed by atoms with Gasteiger partial charge in [-0.2, -0.15) is 0 Å². The summed E-state index contributed by atoms with van der Waals surface area (Å²) in [7, 11) is 0. The molecular weight excluding hydrogens is 414 g/mol. The van der Waals surface area contributed by atoms with Crippen molar-refractivity contribution in [2.75, 3.05) is 5.32 Å². The van der Waals surface area contributed by atoms with E-state index in [0.29, 0.717) is 12.1 Å². The first-order valence-corrected chi connectivity index (χ1v) is 11.4. The molecule has 0 spiro atoms. The van der Waals surface area contributed by atoms with Crippen molar-refractivity contribution < 1.29 is 32.1 Å². The van der Waals surface area contributed by atoms with Gasteiger partial charge in [0.2, 0.25) is 5.91 Å². The second kappa shape index (κ2) is 19.4. The molecule has 0 unspecified atom stereocenters. The smallest absolute Gasteiger partial charge is 0.337 e. The van der Waals surface area contributed by atoms with E-state index in [9.17, 15) is 9.59 Å². The van der Waals surface area contributed by atoms with Gasteiger partial charge in [-0.3, -0.25) is 4.79 Å². The molecule has 0 saturated heterocycles. The molecule has 0 aromatic heterocycles. The molecule has 1 aromatic rings. The summed E-state index contributed by atoms with van der Waals surface area (Å²) < 4.78 is 0. The van der Waals surface area contributed by atoms with Crippen LogP contribution < -0.4 is 5.32 Å². The Morgan fingerprint density at radius 2 is 1.37 bits per heavy atom. The van der Waals surface area contributed by atoms with Gasteiger partial charge in [0, 0.05) is 23.8 Å². The van der Waals surface area contributed by atoms with Gasteiger partial charge in [-0.05, 0) is 44.2 Å². The van der Waals surface area contributed by atoms with Crippen LogP contribution in [-0.4, -0.2) is 17.0 Å². The maximum absolute atomic E-state index is 12.0. The first-order chi connectivity index (χ1) is 14.1. The van der Waals surface area contributed by atoms with Gasteiger partial charge in [-0.1, -0.05) is 82.6 Å². The summed E-state index contributed by atoms with van der Waals surface area (Å²) in [6, 6.07) is 6.51. The molecular formula is C25H39CrNO3. The fraction of sp³-hybridized carbons (Fsp3) is 0.600. The first-order valence-electron chi connectivity index (χ1n) is 11.4. The van der Waals surface area contributed by atoms with Gasteiger partial charge in [-0.25, -0.2) is 4.79 Å². The normalized spacial score (nSPS) is 10.7. The number of aromatic carboxylic acids is 1. The number of nitrogens with one attached hydrogen (secondary N) is 1. The van der Waals surface area contributed by atoms with Gasteiger partial charge in [-0.15, -0.1) is 0 Å². The van der Waals surface area contributed by atoms with Crippen LogP contribution >= 0.6 is 0 Å². The molecule has 2 N–H and O–H groups in total. The van der Waals surface area contributed by atoms with Crippen LogP contribution in [0.5, 0.6) is 0 Å². The maximum atomic E-state index is 12.0. The Labute approximate surface area is 193 Å². The largest absolute Gasteiger partial charge is 0.478 e. The van der Waals surface area contributed by atoms with Crippen molar-refractivity contribution in [1.82, 2.24) is 0 Å². The fourth-order valence-electron chi connectivity index (χ4n) is 3.35. The van der Waals surface area contributed by atoms with E-state index in [-0.39, 0.29) is 28.8 Å². The Balaban J connectivity index is 0.00000841. The van der Waals surface area contributed by atoms with Crippen LogP contribution in [-0.2, 0) is 22.2 Å². The second-order valence-corrected chi connectivity index (χ2v) is 7.73. The Bertz CT molecular complexity index is 616. The van der Waals surface area contributed by atoms with E-state index in [2.05, 4.69) is 24.4 Å². The number of amides is 1. The molecule has 1 rings (SSSR count). The summed E-state index contributed by atoms with van der Waals surface area (Å²) in [5.74, 6) is -1.14. The second-order valence-electron chi connectivity index (χ2n) is 7.73. The molecule has 0 heterocycles. The number of carbonyl (C=O) groups excluding carboxylic acids is 1. The zero-order valence-electron chi connectivity index (χ0n) is 18.5. The molecule has 0 aliphatic heterocycles. The van der Waals surface area contributed by atoms with Gasteiger partial charge in [0.05, 0.1) is 11.3 Å². The zero-order chi connectivity index (χ0) is 21.2. The Hall–Kier alpha value is -1.57. The van der Waals surface area contributed by atoms with E-state index in [4.69, 9.17) is 5.11 Å². The third kappa shape index (κ3) is 14.4. The number of hydrogen-bond donors (Lipinski definition) is 2. The summed E-state index contributed by atoms with van der Waals surface area (Å²) in [5.41, 5.74) is 0.503. The van der Waals surface area contributed by atoms with Crippen molar-refractivity contribution in [3.63, 3.8) is 0 Å². The minimum atomic E-state index is -1.03. The van der Waals surface area contributed by atoms with Crippen LogP contribution in [0.15, 0.2) is 36.4 Å². The average Bonchev–Trinajstić information content (AvgIpc) is 2.71. The van der Waals surface area contributed by atoms with Crippen molar-refractivity contribution in [3.8, 4) is 0 Å². The van der Waals surface area contributed by atoms with Crippen LogP contribution in [0.25, 0.3) is 0 Å². The van der Waals surface area contributed by atoms with Gasteiger partial charge in [0.15, 0.2) is 0 Å². The Morgan fingerprint density at radius 3 is 1.97 bits per heavy atom. The van der Waals surface area contributed by atoms with Crippen LogP contribution in [0.4, 0.5) is 5.69 Å². The third-order valence-corrected chi connectivity index (χ3v) is 5.10. The molecule has 0 aliphatic carbocycles. The number of carboxylic acids is 1. The molecule has 5 heteroatoms. The Kier molecular flexibility index (Phi) is 18.4. The molecule has 0 aliphatic rings. The quantitative estimate of drug-likeness (QED) is 0.191. The van der Waals surface area contributed by atoms with Crippen LogP contribution in [0.3, 0.4) is 0 Å². The molecule has 0 saturated carbocycles. The zero-order valence-corrected chi connectivity index (χ0v) is 19.8. The van der Waals surface area contributed by atoms with Crippen LogP contribution in [0, 0.1) is 0 Å². The van der Waals surface area contributed by atoms with E-state index in [1.54, 1.807) is 18.2 Å². The molecule has 0 fully saturated rings. The number of anilines is 1. The summed E-state index contributed by atoms with van der Waals surface area (Å²) in [4.78, 5) is 23.2. The molecule has 1 amide bonds. The predicted molar refractivity (Wildman–Crippen MR) is 121 cm³/mol. The molecule has 30 heavy (non-hydrogen) atoms. The number of rotatable bonds is 17. The molecule has 0 bridgehead atoms. The summed E-state index contributed by atoms with van der Waals surface area (Å²) in [6.45, 7) is 2.25. The number of allylic oxidation sites excluding steroid dienone is 2. The SMILES string of the molecule is CCCCCCCCC=CCCCCCCCC(=O)Nc1ccccc1C(=O)O.[Cr]. The minimum Gasteiger partial charge on any atom is -0.478 e. The van der Waals surface area contributed by atoms with Crippen molar-refractivity contribution in [2.45, 2.75) is 96.8 Å². The maximum Gasteiger partial charge on any atom is 0.337 e. The van der Waals surface area contributed by atoms with Crippen LogP contribution in [0.1, 0.15) is 107 Å². The van der Waals surface area contributed by atoms with Crippen molar-refractivity contribution in [2.24, 2.45) is 0 Å². The molecule has 0 atom stereocenters. The van der Waals surface area contributed by atoms with Gasteiger partial charge >= 0.3 is 5.97 Å². The van der Waals surface area contributed by atoms with E-state index in [1.807, 2.05) is 0 Å².